The summed E-state index contributed by atoms with van der Waals surface area (Å²) < 4.78 is 245. The maximum Gasteiger partial charge on any atom is 0.534 e. The molecule has 21 nitrogen and oxygen atoms in total. The van der Waals surface area contributed by atoms with E-state index in [2.05, 4.69) is 50.6 Å². The predicted molar refractivity (Wildman–Crippen MR) is 271 cm³/mol. The van der Waals surface area contributed by atoms with Crippen LogP contribution in [0.5, 0.6) is 11.8 Å². The number of likely N-dealkylation sites (N-methyl/N-ethyl adjacent to an activating group) is 3. The Labute approximate surface area is 524 Å². The maximum absolute atomic E-state index is 12.4. The van der Waals surface area contributed by atoms with E-state index in [1.54, 1.807) is 19.0 Å². The molecule has 0 bridgehead atoms. The molecule has 0 atom stereocenters. The largest absolute Gasteiger partial charge is 0.694 e. The molecule has 2 radical (unpaired) electrons. The van der Waals surface area contributed by atoms with Crippen LogP contribution >= 0.6 is 0 Å². The van der Waals surface area contributed by atoms with E-state index >= 15 is 0 Å². The predicted octanol–water partition coefficient (Wildman–Crippen LogP) is 7.26. The van der Waals surface area contributed by atoms with Gasteiger partial charge in [0.2, 0.25) is 0 Å². The van der Waals surface area contributed by atoms with E-state index in [-0.39, 0.29) is 96.2 Å². The fourth-order valence-electron chi connectivity index (χ4n) is 6.24. The van der Waals surface area contributed by atoms with Crippen molar-refractivity contribution in [3.8, 4) is 23.6 Å². The first kappa shape index (κ1) is 83.4. The van der Waals surface area contributed by atoms with Crippen molar-refractivity contribution in [3.05, 3.63) is 87.3 Å². The normalized spacial score (nSPS) is 14.4. The van der Waals surface area contributed by atoms with Gasteiger partial charge in [0.05, 0.1) is 28.9 Å². The van der Waals surface area contributed by atoms with Gasteiger partial charge in [-0.2, -0.15) is 86.4 Å². The van der Waals surface area contributed by atoms with E-state index in [0.29, 0.717) is 55.0 Å². The van der Waals surface area contributed by atoms with Crippen LogP contribution in [-0.2, 0) is 151 Å². The van der Waals surface area contributed by atoms with Gasteiger partial charge in [-0.25, -0.2) is 0 Å². The number of hydrogen-bond donors (Lipinski definition) is 3. The van der Waals surface area contributed by atoms with Crippen LogP contribution in [0.25, 0.3) is 0 Å². The fraction of sp³-hybridized carbons (Fsp3) is 0.568. The van der Waals surface area contributed by atoms with Crippen molar-refractivity contribution in [3.63, 3.8) is 0 Å². The first-order valence-corrected chi connectivity index (χ1v) is 29.2. The maximum atomic E-state index is 12.4. The van der Waals surface area contributed by atoms with E-state index in [0.717, 1.165) is 55.4 Å². The van der Waals surface area contributed by atoms with Crippen LogP contribution < -0.4 is 17.6 Å². The summed E-state index contributed by atoms with van der Waals surface area (Å²) >= 11 is 0. The number of sulfonamides is 2. The third kappa shape index (κ3) is 23.4. The van der Waals surface area contributed by atoms with Crippen molar-refractivity contribution in [2.75, 3.05) is 44.5 Å². The Morgan fingerprint density at radius 1 is 0.590 bits per heavy atom. The summed E-state index contributed by atoms with van der Waals surface area (Å²) in [5.41, 5.74) is -21.0. The molecule has 0 unspecified atom stereocenters. The Bertz CT molecular complexity index is 3170. The van der Waals surface area contributed by atoms with Gasteiger partial charge in [-0.3, -0.25) is 19.7 Å². The molecule has 468 valence electrons. The fourth-order valence-corrected chi connectivity index (χ4v) is 9.83. The number of aromatic nitrogens is 6. The topological polar surface area (TPSA) is 263 Å². The summed E-state index contributed by atoms with van der Waals surface area (Å²) in [6.45, 7) is 17.5. The number of para-hydroxylation sites is 1. The Morgan fingerprint density at radius 2 is 0.988 bits per heavy atom. The smallest absolute Gasteiger partial charge is 0.534 e. The van der Waals surface area contributed by atoms with Gasteiger partial charge in [-0.05, 0) is 39.7 Å². The van der Waals surface area contributed by atoms with Crippen molar-refractivity contribution in [2.45, 2.75) is 122 Å². The molecule has 7 rings (SSSR count). The molecule has 83 heavy (non-hydrogen) atoms. The van der Waals surface area contributed by atoms with Crippen LogP contribution in [0, 0.1) is 24.7 Å². The van der Waals surface area contributed by atoms with Crippen LogP contribution in [0.4, 0.5) is 58.4 Å². The summed E-state index contributed by atoms with van der Waals surface area (Å²) in [5.74, 6) is 3.12. The number of anilines is 1. The minimum Gasteiger partial charge on any atom is -0.694 e. The van der Waals surface area contributed by atoms with E-state index in [1.165, 1.54) is 4.68 Å². The minimum atomic E-state index is -6.81. The average Bonchev–Trinajstić information content (AvgIpc) is 4.05. The Balaban J connectivity index is -0.000000982. The molecule has 3 N–H and O–H groups in total. The van der Waals surface area contributed by atoms with Gasteiger partial charge in [0, 0.05) is 141 Å². The monoisotopic (exact) mass is 1440 g/mol. The van der Waals surface area contributed by atoms with Gasteiger partial charge < -0.3 is 52.9 Å². The number of rotatable bonds is 8. The second-order valence-electron chi connectivity index (χ2n) is 15.5. The molecule has 3 aliphatic rings. The second-order valence-corrected chi connectivity index (χ2v) is 22.3. The molecule has 0 amide bonds. The molecule has 4 aromatic rings. The molecule has 39 heteroatoms. The van der Waals surface area contributed by atoms with Gasteiger partial charge in [0.15, 0.2) is 0 Å². The van der Waals surface area contributed by atoms with E-state index in [9.17, 15) is 91.2 Å². The number of aromatic amines is 3. The van der Waals surface area contributed by atoms with Gasteiger partial charge in [0.25, 0.3) is 17.3 Å². The first-order chi connectivity index (χ1) is 37.3. The Hall–Kier alpha value is -3.78. The van der Waals surface area contributed by atoms with Gasteiger partial charge >= 0.3 is 62.3 Å². The molecule has 3 aromatic heterocycles. The van der Waals surface area contributed by atoms with Crippen molar-refractivity contribution in [1.82, 2.24) is 44.9 Å². The van der Waals surface area contributed by atoms with Crippen molar-refractivity contribution < 1.29 is 160 Å². The second kappa shape index (κ2) is 35.7. The molecular formula is C44H60F12N10O11S4Y2-2. The number of H-pyrrole nitrogens is 3. The third-order valence-corrected chi connectivity index (χ3v) is 15.4. The van der Waals surface area contributed by atoms with Gasteiger partial charge in [-0.15, -0.1) is 13.9 Å². The molecule has 0 fully saturated rings. The molecule has 0 spiro atoms. The zero-order valence-corrected chi connectivity index (χ0v) is 55.1. The minimum absolute atomic E-state index is 0. The SMILES string of the molecule is CC.CC.CC.CN1CCc2[nH][nH]c(=O)c2C1.CN1CCc2[nH]nc(OS(=O)(=O)C(F)(F)F)c2C1.O=S(=O)(N(c1ccccc1)S(=O)(=O)C(F)(F)F)C(F)(F)F.[C-]#CCC.[C-]#CCn1nc(OS(=O)(=O)C(F)(F)F)c2c1CCN(C)C2.[Y].[Y]. The van der Waals surface area contributed by atoms with Crippen LogP contribution in [0.2, 0.25) is 0 Å². The molecule has 0 saturated carbocycles. The molecule has 0 aliphatic carbocycles. The summed E-state index contributed by atoms with van der Waals surface area (Å²) in [4.78, 5) is 16.9. The van der Waals surface area contributed by atoms with Crippen LogP contribution in [-0.4, -0.2) is 141 Å². The standard InChI is InChI=1S/C11H11F3N3O3S.C8H5F6NO4S2.C8H10F3N3O3S.C7H11N3O.C4H5.3C2H6.2Y/c1-3-5-17-9-4-6-16(2)7-8(9)10(15-17)20-21(18,19)11(12,13)14;9-7(10,11)20(16,17)15(6-4-2-1-3-5-6)21(18,19)8(12,13)14;1-14-3-2-6-5(4-14)7(13-12-6)17-18(15,16)8(9,10)11;1-10-3-2-6-5(4-10)7(11)9-8-6;1-3-4-2;3*1-2;;/h4-7H2,2H3;1-5H;2-4H2,1H3,(H,12,13);2-4H2,1H3,(H2,8,9,11);3H2,1H3;3*1-2H3;;/q-1;;;;-1;;;;;. The number of halogens is 12. The van der Waals surface area contributed by atoms with E-state index < -0.39 is 83.5 Å². The number of hydrogen-bond acceptors (Lipinski definition) is 16. The van der Waals surface area contributed by atoms with Crippen LogP contribution in [0.1, 0.15) is 88.7 Å². The number of benzene rings is 1. The zero-order chi connectivity index (χ0) is 63.3. The van der Waals surface area contributed by atoms with Crippen LogP contribution in [0.15, 0.2) is 35.1 Å². The number of nitrogens with zero attached hydrogens (tertiary/aromatic N) is 7. The Morgan fingerprint density at radius 3 is 1.40 bits per heavy atom. The first-order valence-electron chi connectivity index (χ1n) is 23.5. The average molecular weight is 1440 g/mol. The van der Waals surface area contributed by atoms with Crippen molar-refractivity contribution in [1.29, 1.82) is 0 Å². The Kier molecular flexibility index (Phi) is 35.9. The van der Waals surface area contributed by atoms with Gasteiger partial charge in [0.1, 0.15) is 0 Å². The van der Waals surface area contributed by atoms with Crippen molar-refractivity contribution >= 4 is 46.0 Å². The molecule has 1 aromatic carbocycles. The zero-order valence-electron chi connectivity index (χ0n) is 46.1. The molecule has 3 aliphatic heterocycles. The summed E-state index contributed by atoms with van der Waals surface area (Å²) in [6.07, 6.45) is 15.8. The van der Waals surface area contributed by atoms with E-state index in [4.69, 9.17) is 12.8 Å². The summed E-state index contributed by atoms with van der Waals surface area (Å²) in [7, 11) is -19.5. The summed E-state index contributed by atoms with van der Waals surface area (Å²) in [5, 5.41) is 15.2. The molecular weight excluding hydrogens is 1380 g/mol. The third-order valence-electron chi connectivity index (χ3n) is 9.85. The van der Waals surface area contributed by atoms with Gasteiger partial charge in [-0.1, -0.05) is 66.7 Å². The quantitative estimate of drug-likeness (QED) is 0.0515. The number of fused-ring (bicyclic) bond motifs is 3. The van der Waals surface area contributed by atoms with Crippen molar-refractivity contribution in [2.24, 2.45) is 0 Å². The molecule has 6 heterocycles. The summed E-state index contributed by atoms with van der Waals surface area (Å²) in [6, 6.07) is 3.85. The number of nitrogens with one attached hydrogen (secondary N) is 3. The van der Waals surface area contributed by atoms with Crippen LogP contribution in [0.3, 0.4) is 0 Å². The number of alkyl halides is 12. The van der Waals surface area contributed by atoms with E-state index in [1.807, 2.05) is 60.4 Å². The molecule has 0 saturated heterocycles.